The molecule has 0 radical (unpaired) electrons. The van der Waals surface area contributed by atoms with Crippen molar-refractivity contribution in [3.05, 3.63) is 23.3 Å². The number of carboxylic acids is 1. The molecule has 0 saturated heterocycles. The number of halogens is 1. The molecular formula is C12H13ClO5S. The lowest BCUT2D eigenvalue weighted by molar-refractivity contribution is -0.137. The van der Waals surface area contributed by atoms with Crippen LogP contribution < -0.4 is 4.74 Å². The van der Waals surface area contributed by atoms with Gasteiger partial charge in [0.1, 0.15) is 10.6 Å². The Morgan fingerprint density at radius 2 is 2.21 bits per heavy atom. The van der Waals surface area contributed by atoms with Crippen LogP contribution in [0.4, 0.5) is 0 Å². The van der Waals surface area contributed by atoms with Gasteiger partial charge in [-0.25, -0.2) is 8.42 Å². The molecule has 1 unspecified atom stereocenters. The van der Waals surface area contributed by atoms with Crippen molar-refractivity contribution in [1.82, 2.24) is 0 Å². The zero-order chi connectivity index (χ0) is 14.2. The van der Waals surface area contributed by atoms with Crippen molar-refractivity contribution in [1.29, 1.82) is 0 Å². The molecule has 1 atom stereocenters. The highest BCUT2D eigenvalue weighted by molar-refractivity contribution is 8.13. The van der Waals surface area contributed by atoms with Crippen molar-refractivity contribution in [2.45, 2.75) is 30.1 Å². The Bertz CT molecular complexity index is 623. The van der Waals surface area contributed by atoms with Gasteiger partial charge in [0.05, 0.1) is 13.5 Å². The number of aliphatic carboxylic acids is 1. The average molecular weight is 305 g/mol. The van der Waals surface area contributed by atoms with E-state index in [0.717, 1.165) is 11.1 Å². The van der Waals surface area contributed by atoms with Crippen LogP contribution in [0.15, 0.2) is 17.0 Å². The molecule has 1 N–H and O–H groups in total. The molecule has 2 rings (SSSR count). The van der Waals surface area contributed by atoms with Gasteiger partial charge in [0.15, 0.2) is 0 Å². The minimum absolute atomic E-state index is 0.0309. The highest BCUT2D eigenvalue weighted by Gasteiger charge is 2.28. The van der Waals surface area contributed by atoms with E-state index in [1.165, 1.54) is 13.2 Å². The molecular weight excluding hydrogens is 292 g/mol. The normalized spacial score (nSPS) is 18.1. The third-order valence-electron chi connectivity index (χ3n) is 3.31. The van der Waals surface area contributed by atoms with Gasteiger partial charge in [-0.2, -0.15) is 0 Å². The van der Waals surface area contributed by atoms with Crippen LogP contribution >= 0.6 is 10.7 Å². The number of methoxy groups -OCH3 is 1. The van der Waals surface area contributed by atoms with Gasteiger partial charge in [-0.05, 0) is 42.0 Å². The van der Waals surface area contributed by atoms with E-state index >= 15 is 0 Å². The molecule has 0 spiro atoms. The van der Waals surface area contributed by atoms with Crippen LogP contribution in [0.5, 0.6) is 5.75 Å². The van der Waals surface area contributed by atoms with Crippen LogP contribution in [0.2, 0.25) is 0 Å². The Morgan fingerprint density at radius 1 is 1.53 bits per heavy atom. The Hall–Kier alpha value is -1.27. The SMILES string of the molecule is COc1cc2c(cc1S(=O)(=O)Cl)CCC2CC(=O)O. The highest BCUT2D eigenvalue weighted by Crippen LogP contribution is 2.41. The van der Waals surface area contributed by atoms with Crippen molar-refractivity contribution in [3.8, 4) is 5.75 Å². The Kier molecular flexibility index (Phi) is 3.73. The largest absolute Gasteiger partial charge is 0.495 e. The molecule has 1 aliphatic carbocycles. The molecule has 1 aromatic carbocycles. The van der Waals surface area contributed by atoms with Crippen molar-refractivity contribution in [3.63, 3.8) is 0 Å². The number of hydrogen-bond acceptors (Lipinski definition) is 4. The first-order valence-corrected chi connectivity index (χ1v) is 8.01. The maximum absolute atomic E-state index is 11.5. The van der Waals surface area contributed by atoms with Gasteiger partial charge in [0, 0.05) is 10.7 Å². The molecule has 0 amide bonds. The van der Waals surface area contributed by atoms with E-state index in [1.807, 2.05) is 0 Å². The molecule has 1 aromatic rings. The van der Waals surface area contributed by atoms with Crippen molar-refractivity contribution < 1.29 is 23.1 Å². The standard InChI is InChI=1S/C12H13ClO5S/c1-18-10-6-9-7(4-11(10)19(13,16)17)2-3-8(9)5-12(14)15/h4,6,8H,2-3,5H2,1H3,(H,14,15). The van der Waals surface area contributed by atoms with E-state index in [2.05, 4.69) is 0 Å². The summed E-state index contributed by atoms with van der Waals surface area (Å²) in [6, 6.07) is 3.07. The maximum atomic E-state index is 11.5. The van der Waals surface area contributed by atoms with Gasteiger partial charge in [-0.1, -0.05) is 0 Å². The summed E-state index contributed by atoms with van der Waals surface area (Å²) in [7, 11) is 2.84. The van der Waals surface area contributed by atoms with Gasteiger partial charge in [-0.3, -0.25) is 4.79 Å². The first kappa shape index (κ1) is 14.1. The molecule has 1 aliphatic rings. The fourth-order valence-electron chi connectivity index (χ4n) is 2.47. The topological polar surface area (TPSA) is 80.7 Å². The second-order valence-corrected chi connectivity index (χ2v) is 7.01. The highest BCUT2D eigenvalue weighted by atomic mass is 35.7. The first-order chi connectivity index (χ1) is 8.82. The molecule has 0 fully saturated rings. The Labute approximate surface area is 115 Å². The van der Waals surface area contributed by atoms with Crippen LogP contribution in [0.1, 0.15) is 29.9 Å². The van der Waals surface area contributed by atoms with Gasteiger partial charge in [-0.15, -0.1) is 0 Å². The van der Waals surface area contributed by atoms with Gasteiger partial charge < -0.3 is 9.84 Å². The molecule has 19 heavy (non-hydrogen) atoms. The van der Waals surface area contributed by atoms with Crippen molar-refractivity contribution >= 4 is 25.7 Å². The minimum Gasteiger partial charge on any atom is -0.495 e. The summed E-state index contributed by atoms with van der Waals surface area (Å²) in [6.45, 7) is 0. The molecule has 0 aromatic heterocycles. The molecule has 0 heterocycles. The lowest BCUT2D eigenvalue weighted by Gasteiger charge is -2.12. The fourth-order valence-corrected chi connectivity index (χ4v) is 3.50. The zero-order valence-corrected chi connectivity index (χ0v) is 11.8. The smallest absolute Gasteiger partial charge is 0.303 e. The van der Waals surface area contributed by atoms with Crippen LogP contribution in [0, 0.1) is 0 Å². The number of fused-ring (bicyclic) bond motifs is 1. The lowest BCUT2D eigenvalue weighted by Crippen LogP contribution is -2.04. The number of ether oxygens (including phenoxy) is 1. The van der Waals surface area contributed by atoms with Crippen molar-refractivity contribution in [2.75, 3.05) is 7.11 Å². The summed E-state index contributed by atoms with van der Waals surface area (Å²) < 4.78 is 28.0. The Morgan fingerprint density at radius 3 is 2.74 bits per heavy atom. The van der Waals surface area contributed by atoms with E-state index in [-0.39, 0.29) is 23.0 Å². The monoisotopic (exact) mass is 304 g/mol. The number of rotatable bonds is 4. The third kappa shape index (κ3) is 2.84. The number of carbonyl (C=O) groups is 1. The number of aryl methyl sites for hydroxylation is 1. The fraction of sp³-hybridized carbons (Fsp3) is 0.417. The molecule has 0 bridgehead atoms. The van der Waals surface area contributed by atoms with E-state index in [0.29, 0.717) is 12.8 Å². The Balaban J connectivity index is 2.50. The summed E-state index contributed by atoms with van der Waals surface area (Å²) in [5.41, 5.74) is 1.66. The van der Waals surface area contributed by atoms with E-state index < -0.39 is 15.0 Å². The average Bonchev–Trinajstić information content (AvgIpc) is 2.68. The number of hydrogen-bond donors (Lipinski definition) is 1. The maximum Gasteiger partial charge on any atom is 0.303 e. The first-order valence-electron chi connectivity index (χ1n) is 5.70. The molecule has 0 saturated carbocycles. The quantitative estimate of drug-likeness (QED) is 0.862. The molecule has 5 nitrogen and oxygen atoms in total. The summed E-state index contributed by atoms with van der Waals surface area (Å²) in [4.78, 5) is 10.7. The van der Waals surface area contributed by atoms with E-state index in [9.17, 15) is 13.2 Å². The van der Waals surface area contributed by atoms with E-state index in [1.54, 1.807) is 6.07 Å². The van der Waals surface area contributed by atoms with Crippen LogP contribution in [0.25, 0.3) is 0 Å². The van der Waals surface area contributed by atoms with Gasteiger partial charge in [0.2, 0.25) is 0 Å². The summed E-state index contributed by atoms with van der Waals surface area (Å²) in [5, 5.41) is 8.86. The summed E-state index contributed by atoms with van der Waals surface area (Å²) in [6.07, 6.45) is 1.37. The molecule has 104 valence electrons. The third-order valence-corrected chi connectivity index (χ3v) is 4.65. The predicted octanol–water partition coefficient (Wildman–Crippen LogP) is 2.13. The zero-order valence-electron chi connectivity index (χ0n) is 10.2. The van der Waals surface area contributed by atoms with Crippen LogP contribution in [-0.4, -0.2) is 26.6 Å². The lowest BCUT2D eigenvalue weighted by atomic mass is 9.98. The predicted molar refractivity (Wildman–Crippen MR) is 69.3 cm³/mol. The van der Waals surface area contributed by atoms with Crippen LogP contribution in [-0.2, 0) is 20.3 Å². The second kappa shape index (κ2) is 5.02. The molecule has 7 heteroatoms. The minimum atomic E-state index is -3.88. The van der Waals surface area contributed by atoms with Gasteiger partial charge in [0.25, 0.3) is 9.05 Å². The second-order valence-electron chi connectivity index (χ2n) is 4.47. The summed E-state index contributed by atoms with van der Waals surface area (Å²) in [5.74, 6) is -0.814. The number of benzene rings is 1. The van der Waals surface area contributed by atoms with Crippen LogP contribution in [0.3, 0.4) is 0 Å². The van der Waals surface area contributed by atoms with E-state index in [4.69, 9.17) is 20.5 Å². The van der Waals surface area contributed by atoms with Crippen molar-refractivity contribution in [2.24, 2.45) is 0 Å². The molecule has 0 aliphatic heterocycles. The number of carboxylic acid groups (broad SMARTS) is 1. The van der Waals surface area contributed by atoms with Gasteiger partial charge >= 0.3 is 5.97 Å². The summed E-state index contributed by atoms with van der Waals surface area (Å²) >= 11 is 0.